The van der Waals surface area contributed by atoms with E-state index in [2.05, 4.69) is 12.2 Å². The maximum Gasteiger partial charge on any atom is 0.258 e. The van der Waals surface area contributed by atoms with E-state index in [1.54, 1.807) is 6.07 Å². The number of nitrogens with two attached hydrogens (primary N) is 1. The summed E-state index contributed by atoms with van der Waals surface area (Å²) < 4.78 is 5.42. The van der Waals surface area contributed by atoms with Gasteiger partial charge in [0.05, 0.1) is 5.56 Å². The van der Waals surface area contributed by atoms with Crippen molar-refractivity contribution in [3.63, 3.8) is 0 Å². The fourth-order valence-electron chi connectivity index (χ4n) is 2.74. The van der Waals surface area contributed by atoms with Crippen molar-refractivity contribution < 1.29 is 14.3 Å². The highest BCUT2D eigenvalue weighted by atomic mass is 35.5. The quantitative estimate of drug-likeness (QED) is 0.873. The summed E-state index contributed by atoms with van der Waals surface area (Å²) in [6.07, 6.45) is 4.48. The second kappa shape index (κ2) is 7.49. The lowest BCUT2D eigenvalue weighted by Gasteiger charge is -2.29. The molecule has 0 heterocycles. The monoisotopic (exact) mass is 324 g/mol. The summed E-state index contributed by atoms with van der Waals surface area (Å²) in [5, 5.41) is 3.41. The molecule has 0 spiro atoms. The molecule has 2 amide bonds. The van der Waals surface area contributed by atoms with Crippen molar-refractivity contribution in [3.05, 3.63) is 28.8 Å². The maximum atomic E-state index is 12.0. The fraction of sp³-hybridized carbons (Fsp3) is 0.500. The molecule has 3 N–H and O–H groups in total. The number of nitrogens with one attached hydrogen (secondary N) is 1. The Labute approximate surface area is 135 Å². The van der Waals surface area contributed by atoms with Gasteiger partial charge in [-0.25, -0.2) is 0 Å². The Morgan fingerprint density at radius 1 is 1.36 bits per heavy atom. The van der Waals surface area contributed by atoms with E-state index in [-0.39, 0.29) is 29.9 Å². The first-order valence-electron chi connectivity index (χ1n) is 7.49. The van der Waals surface area contributed by atoms with Crippen molar-refractivity contribution in [2.75, 3.05) is 6.61 Å². The number of carbonyl (C=O) groups is 2. The van der Waals surface area contributed by atoms with Crippen LogP contribution in [0.5, 0.6) is 5.75 Å². The second-order valence-corrected chi connectivity index (χ2v) is 6.17. The van der Waals surface area contributed by atoms with Gasteiger partial charge < -0.3 is 15.8 Å². The summed E-state index contributed by atoms with van der Waals surface area (Å²) in [4.78, 5) is 23.3. The van der Waals surface area contributed by atoms with Gasteiger partial charge in [0.25, 0.3) is 11.8 Å². The minimum absolute atomic E-state index is 0.163. The third-order valence-corrected chi connectivity index (χ3v) is 4.26. The number of rotatable bonds is 5. The number of carbonyl (C=O) groups excluding carboxylic acids is 2. The molecule has 0 radical (unpaired) electrons. The van der Waals surface area contributed by atoms with Crippen LogP contribution < -0.4 is 15.8 Å². The van der Waals surface area contributed by atoms with Crippen LogP contribution in [-0.2, 0) is 4.79 Å². The number of primary amides is 1. The Balaban J connectivity index is 1.93. The summed E-state index contributed by atoms with van der Waals surface area (Å²) in [7, 11) is 0. The van der Waals surface area contributed by atoms with Gasteiger partial charge >= 0.3 is 0 Å². The molecule has 1 aromatic rings. The van der Waals surface area contributed by atoms with E-state index in [9.17, 15) is 9.59 Å². The van der Waals surface area contributed by atoms with E-state index >= 15 is 0 Å². The summed E-state index contributed by atoms with van der Waals surface area (Å²) in [6.45, 7) is 1.98. The van der Waals surface area contributed by atoms with Gasteiger partial charge in [-0.05, 0) is 37.0 Å². The van der Waals surface area contributed by atoms with E-state index in [0.717, 1.165) is 19.3 Å². The molecule has 2 rings (SSSR count). The zero-order chi connectivity index (χ0) is 16.1. The number of benzene rings is 1. The van der Waals surface area contributed by atoms with Crippen molar-refractivity contribution in [3.8, 4) is 5.75 Å². The lowest BCUT2D eigenvalue weighted by Crippen LogP contribution is -2.43. The topological polar surface area (TPSA) is 81.4 Å². The van der Waals surface area contributed by atoms with Gasteiger partial charge in [0, 0.05) is 11.1 Å². The predicted molar refractivity (Wildman–Crippen MR) is 85.0 cm³/mol. The van der Waals surface area contributed by atoms with Gasteiger partial charge in [-0.15, -0.1) is 0 Å². The molecule has 0 bridgehead atoms. The Kier molecular flexibility index (Phi) is 5.66. The van der Waals surface area contributed by atoms with Crippen molar-refractivity contribution in [1.29, 1.82) is 0 Å². The van der Waals surface area contributed by atoms with Crippen LogP contribution in [0.1, 0.15) is 43.0 Å². The van der Waals surface area contributed by atoms with E-state index in [1.807, 2.05) is 0 Å². The first-order valence-corrected chi connectivity index (χ1v) is 7.86. The highest BCUT2D eigenvalue weighted by Gasteiger charge is 2.23. The lowest BCUT2D eigenvalue weighted by atomic mass is 9.86. The molecule has 2 atom stereocenters. The number of amides is 2. The van der Waals surface area contributed by atoms with Gasteiger partial charge in [0.2, 0.25) is 0 Å². The lowest BCUT2D eigenvalue weighted by molar-refractivity contribution is -0.124. The number of halogens is 1. The highest BCUT2D eigenvalue weighted by molar-refractivity contribution is 6.30. The molecular formula is C16H21ClN2O3. The smallest absolute Gasteiger partial charge is 0.258 e. The molecule has 1 aliphatic rings. The van der Waals surface area contributed by atoms with Gasteiger partial charge in [-0.3, -0.25) is 9.59 Å². The van der Waals surface area contributed by atoms with E-state index in [1.165, 1.54) is 18.6 Å². The SMILES string of the molecule is C[C@H]1CCCC[C@H]1NC(=O)COc1cc(Cl)ccc1C(N)=O. The Morgan fingerprint density at radius 3 is 2.77 bits per heavy atom. The minimum Gasteiger partial charge on any atom is -0.483 e. The first kappa shape index (κ1) is 16.6. The summed E-state index contributed by atoms with van der Waals surface area (Å²) in [5.41, 5.74) is 5.49. The maximum absolute atomic E-state index is 12.0. The molecular weight excluding hydrogens is 304 g/mol. The van der Waals surface area contributed by atoms with Crippen molar-refractivity contribution in [2.45, 2.75) is 38.6 Å². The molecule has 22 heavy (non-hydrogen) atoms. The largest absolute Gasteiger partial charge is 0.483 e. The summed E-state index contributed by atoms with van der Waals surface area (Å²) in [6, 6.07) is 4.72. The Morgan fingerprint density at radius 2 is 2.09 bits per heavy atom. The molecule has 5 nitrogen and oxygen atoms in total. The first-order chi connectivity index (χ1) is 10.5. The predicted octanol–water partition coefficient (Wildman–Crippen LogP) is 2.51. The van der Waals surface area contributed by atoms with Crippen LogP contribution in [0.2, 0.25) is 5.02 Å². The van der Waals surface area contributed by atoms with Crippen LogP contribution >= 0.6 is 11.6 Å². The average Bonchev–Trinajstić information content (AvgIpc) is 2.47. The average molecular weight is 325 g/mol. The van der Waals surface area contributed by atoms with E-state index in [0.29, 0.717) is 10.9 Å². The molecule has 1 saturated carbocycles. The van der Waals surface area contributed by atoms with Gasteiger partial charge in [0.15, 0.2) is 6.61 Å². The van der Waals surface area contributed by atoms with Crippen molar-refractivity contribution in [1.82, 2.24) is 5.32 Å². The van der Waals surface area contributed by atoms with Crippen LogP contribution in [0.4, 0.5) is 0 Å². The third-order valence-electron chi connectivity index (χ3n) is 4.03. The normalized spacial score (nSPS) is 21.2. The zero-order valence-corrected chi connectivity index (χ0v) is 13.4. The summed E-state index contributed by atoms with van der Waals surface area (Å²) in [5.74, 6) is -0.112. The highest BCUT2D eigenvalue weighted by Crippen LogP contribution is 2.24. The molecule has 1 fully saturated rings. The zero-order valence-electron chi connectivity index (χ0n) is 12.6. The van der Waals surface area contributed by atoms with Crippen LogP contribution in [0.15, 0.2) is 18.2 Å². The molecule has 6 heteroatoms. The van der Waals surface area contributed by atoms with Gasteiger partial charge in [-0.2, -0.15) is 0 Å². The number of ether oxygens (including phenoxy) is 1. The van der Waals surface area contributed by atoms with Crippen LogP contribution in [0, 0.1) is 5.92 Å². The van der Waals surface area contributed by atoms with Crippen LogP contribution in [0.3, 0.4) is 0 Å². The van der Waals surface area contributed by atoms with Crippen LogP contribution in [0.25, 0.3) is 0 Å². The molecule has 0 aliphatic heterocycles. The second-order valence-electron chi connectivity index (χ2n) is 5.73. The third kappa shape index (κ3) is 4.37. The molecule has 1 aliphatic carbocycles. The van der Waals surface area contributed by atoms with E-state index in [4.69, 9.17) is 22.1 Å². The summed E-state index contributed by atoms with van der Waals surface area (Å²) >= 11 is 5.88. The standard InChI is InChI=1S/C16H21ClN2O3/c1-10-4-2-3-5-13(10)19-15(20)9-22-14-8-11(17)6-7-12(14)16(18)21/h6-8,10,13H,2-5,9H2,1H3,(H2,18,21)(H,19,20)/t10-,13+/m0/s1. The van der Waals surface area contributed by atoms with Crippen molar-refractivity contribution >= 4 is 23.4 Å². The molecule has 0 unspecified atom stereocenters. The fourth-order valence-corrected chi connectivity index (χ4v) is 2.90. The molecule has 0 aromatic heterocycles. The number of hydrogen-bond donors (Lipinski definition) is 2. The van der Waals surface area contributed by atoms with E-state index < -0.39 is 5.91 Å². The minimum atomic E-state index is -0.618. The molecule has 120 valence electrons. The van der Waals surface area contributed by atoms with Gasteiger partial charge in [0.1, 0.15) is 5.75 Å². The Hall–Kier alpha value is -1.75. The molecule has 0 saturated heterocycles. The van der Waals surface area contributed by atoms with Gasteiger partial charge in [-0.1, -0.05) is 31.4 Å². The van der Waals surface area contributed by atoms with Crippen LogP contribution in [-0.4, -0.2) is 24.5 Å². The Bertz CT molecular complexity index is 562. The molecule has 1 aromatic carbocycles. The number of hydrogen-bond acceptors (Lipinski definition) is 3. The van der Waals surface area contributed by atoms with Crippen molar-refractivity contribution in [2.24, 2.45) is 11.7 Å².